The lowest BCUT2D eigenvalue weighted by Crippen LogP contribution is -2.23. The number of nitrogens with one attached hydrogen (secondary N) is 1. The van der Waals surface area contributed by atoms with Gasteiger partial charge in [-0.1, -0.05) is 0 Å². The number of hydrogen-bond acceptors (Lipinski definition) is 3. The first-order valence-corrected chi connectivity index (χ1v) is 6.02. The number of ether oxygens (including phenoxy) is 1. The van der Waals surface area contributed by atoms with Crippen molar-refractivity contribution in [2.24, 2.45) is 0 Å². The van der Waals surface area contributed by atoms with Crippen LogP contribution in [0.15, 0.2) is 0 Å². The van der Waals surface area contributed by atoms with Crippen LogP contribution in [0, 0.1) is 0 Å². The first kappa shape index (κ1) is 12.8. The highest BCUT2D eigenvalue weighted by atomic mass is 32.1. The van der Waals surface area contributed by atoms with Crippen molar-refractivity contribution in [1.82, 2.24) is 5.32 Å². The van der Waals surface area contributed by atoms with Crippen molar-refractivity contribution in [3.8, 4) is 0 Å². The molecule has 78 valence electrons. The van der Waals surface area contributed by atoms with E-state index in [0.717, 1.165) is 0 Å². The molecule has 0 amide bonds. The van der Waals surface area contributed by atoms with Gasteiger partial charge in [0.1, 0.15) is 0 Å². The smallest absolute Gasteiger partial charge is 0.325 e. The van der Waals surface area contributed by atoms with Gasteiger partial charge in [-0.2, -0.15) is 0 Å². The van der Waals surface area contributed by atoms with E-state index in [1.165, 1.54) is 7.11 Å². The van der Waals surface area contributed by atoms with E-state index < -0.39 is 7.60 Å². The summed E-state index contributed by atoms with van der Waals surface area (Å²) in [5.74, 6) is 0. The van der Waals surface area contributed by atoms with Crippen molar-refractivity contribution in [3.63, 3.8) is 0 Å². The highest BCUT2D eigenvalue weighted by Gasteiger charge is 2.10. The topological polar surface area (TPSA) is 78.8 Å². The Morgan fingerprint density at radius 2 is 2.15 bits per heavy atom. The monoisotopic (exact) mass is 227 g/mol. The Morgan fingerprint density at radius 1 is 1.54 bits per heavy atom. The van der Waals surface area contributed by atoms with Gasteiger partial charge in [0.15, 0.2) is 0 Å². The van der Waals surface area contributed by atoms with Gasteiger partial charge < -0.3 is 19.8 Å². The predicted molar refractivity (Wildman–Crippen MR) is 53.8 cm³/mol. The van der Waals surface area contributed by atoms with Crippen LogP contribution >= 0.6 is 19.8 Å². The Hall–Kier alpha value is -0.160. The van der Waals surface area contributed by atoms with Crippen molar-refractivity contribution in [1.29, 1.82) is 0 Å². The second kappa shape index (κ2) is 6.32. The summed E-state index contributed by atoms with van der Waals surface area (Å²) in [7, 11) is -2.37. The first-order valence-electron chi connectivity index (χ1n) is 3.82. The van der Waals surface area contributed by atoms with Gasteiger partial charge in [0.2, 0.25) is 0 Å². The molecule has 0 fully saturated rings. The van der Waals surface area contributed by atoms with Gasteiger partial charge >= 0.3 is 7.60 Å². The van der Waals surface area contributed by atoms with E-state index in [1.807, 2.05) is 0 Å². The third-order valence-electron chi connectivity index (χ3n) is 1.33. The Kier molecular flexibility index (Phi) is 6.24. The molecule has 3 N–H and O–H groups in total. The molecule has 5 nitrogen and oxygen atoms in total. The summed E-state index contributed by atoms with van der Waals surface area (Å²) in [5.41, 5.74) is 0. The minimum Gasteiger partial charge on any atom is -0.474 e. The maximum absolute atomic E-state index is 10.4. The maximum Gasteiger partial charge on any atom is 0.325 e. The average Bonchev–Trinajstić information content (AvgIpc) is 2.01. The Bertz CT molecular complexity index is 205. The molecule has 0 saturated heterocycles. The minimum atomic E-state index is -3.83. The summed E-state index contributed by atoms with van der Waals surface area (Å²) in [6.07, 6.45) is 1.06. The van der Waals surface area contributed by atoms with Crippen LogP contribution in [-0.2, 0) is 9.30 Å². The second-order valence-corrected chi connectivity index (χ2v) is 4.66. The summed E-state index contributed by atoms with van der Waals surface area (Å²) >= 11 is 4.69. The molecular weight excluding hydrogens is 213 g/mol. The Morgan fingerprint density at radius 3 is 2.62 bits per heavy atom. The second-order valence-electron chi connectivity index (χ2n) is 2.51. The van der Waals surface area contributed by atoms with E-state index in [2.05, 4.69) is 10.1 Å². The van der Waals surface area contributed by atoms with Gasteiger partial charge in [0.05, 0.1) is 7.11 Å². The fourth-order valence-corrected chi connectivity index (χ4v) is 1.44. The molecule has 7 heteroatoms. The van der Waals surface area contributed by atoms with Crippen LogP contribution in [0.5, 0.6) is 0 Å². The standard InChI is InChI=1S/C6H14NO4PS/c1-11-6(13)7-4-2-3-5-12(8,9)10/h2-5H2,1H3,(H,7,13)(H2,8,9,10). The molecule has 0 atom stereocenters. The Balaban J connectivity index is 3.27. The molecule has 0 saturated carbocycles. The normalized spacial score (nSPS) is 11.0. The summed E-state index contributed by atoms with van der Waals surface area (Å²) in [4.78, 5) is 17.0. The molecule has 0 aliphatic carbocycles. The van der Waals surface area contributed by atoms with E-state index in [-0.39, 0.29) is 6.16 Å². The highest BCUT2D eigenvalue weighted by Crippen LogP contribution is 2.35. The summed E-state index contributed by atoms with van der Waals surface area (Å²) in [6.45, 7) is 0.576. The van der Waals surface area contributed by atoms with E-state index in [9.17, 15) is 4.57 Å². The van der Waals surface area contributed by atoms with Gasteiger partial charge in [-0.05, 0) is 25.1 Å². The fraction of sp³-hybridized carbons (Fsp3) is 0.833. The van der Waals surface area contributed by atoms with Crippen molar-refractivity contribution in [3.05, 3.63) is 0 Å². The molecule has 0 unspecified atom stereocenters. The number of methoxy groups -OCH3 is 1. The molecule has 0 radical (unpaired) electrons. The van der Waals surface area contributed by atoms with Gasteiger partial charge in [-0.15, -0.1) is 0 Å². The molecule has 0 aromatic heterocycles. The van der Waals surface area contributed by atoms with Gasteiger partial charge in [0, 0.05) is 12.7 Å². The van der Waals surface area contributed by atoms with Crippen LogP contribution in [0.1, 0.15) is 12.8 Å². The van der Waals surface area contributed by atoms with Crippen LogP contribution in [0.25, 0.3) is 0 Å². The summed E-state index contributed by atoms with van der Waals surface area (Å²) in [6, 6.07) is 0. The van der Waals surface area contributed by atoms with Crippen LogP contribution in [0.2, 0.25) is 0 Å². The third kappa shape index (κ3) is 9.76. The predicted octanol–water partition coefficient (Wildman–Crippen LogP) is 0.465. The van der Waals surface area contributed by atoms with E-state index in [0.29, 0.717) is 24.6 Å². The quantitative estimate of drug-likeness (QED) is 0.360. The SMILES string of the molecule is COC(=S)NCCCCP(=O)(O)O. The molecular formula is C6H14NO4PS. The van der Waals surface area contributed by atoms with E-state index >= 15 is 0 Å². The zero-order valence-corrected chi connectivity index (χ0v) is 9.11. The van der Waals surface area contributed by atoms with Crippen LogP contribution < -0.4 is 5.32 Å². The zero-order chi connectivity index (χ0) is 10.3. The van der Waals surface area contributed by atoms with Crippen LogP contribution in [-0.4, -0.2) is 34.8 Å². The van der Waals surface area contributed by atoms with Crippen molar-refractivity contribution in [2.45, 2.75) is 12.8 Å². The van der Waals surface area contributed by atoms with Crippen LogP contribution in [0.4, 0.5) is 0 Å². The molecule has 0 aliphatic heterocycles. The van der Waals surface area contributed by atoms with Gasteiger partial charge in [-0.25, -0.2) is 0 Å². The first-order chi connectivity index (χ1) is 5.95. The molecule has 0 aliphatic rings. The molecule has 0 heterocycles. The molecule has 0 spiro atoms. The van der Waals surface area contributed by atoms with Crippen LogP contribution in [0.3, 0.4) is 0 Å². The zero-order valence-electron chi connectivity index (χ0n) is 7.39. The highest BCUT2D eigenvalue weighted by molar-refractivity contribution is 7.80. The molecule has 0 aromatic carbocycles. The average molecular weight is 227 g/mol. The van der Waals surface area contributed by atoms with Crippen molar-refractivity contribution < 1.29 is 19.1 Å². The van der Waals surface area contributed by atoms with Gasteiger partial charge in [0.25, 0.3) is 5.17 Å². The number of unbranched alkanes of at least 4 members (excludes halogenated alkanes) is 1. The van der Waals surface area contributed by atoms with Gasteiger partial charge in [-0.3, -0.25) is 4.57 Å². The van der Waals surface area contributed by atoms with E-state index in [1.54, 1.807) is 0 Å². The summed E-state index contributed by atoms with van der Waals surface area (Å²) < 4.78 is 15.1. The molecule has 0 aromatic rings. The summed E-state index contributed by atoms with van der Waals surface area (Å²) in [5, 5.41) is 3.08. The lowest BCUT2D eigenvalue weighted by atomic mass is 10.3. The lowest BCUT2D eigenvalue weighted by molar-refractivity contribution is 0.370. The third-order valence-corrected chi connectivity index (χ3v) is 2.54. The lowest BCUT2D eigenvalue weighted by Gasteiger charge is -2.06. The minimum absolute atomic E-state index is 0.0750. The largest absolute Gasteiger partial charge is 0.474 e. The van der Waals surface area contributed by atoms with Crippen molar-refractivity contribution in [2.75, 3.05) is 19.8 Å². The number of rotatable bonds is 5. The number of thiocarbonyl (C=S) groups is 1. The van der Waals surface area contributed by atoms with Crippen molar-refractivity contribution >= 4 is 25.0 Å². The maximum atomic E-state index is 10.4. The molecule has 0 rings (SSSR count). The van der Waals surface area contributed by atoms with E-state index in [4.69, 9.17) is 22.0 Å². The molecule has 13 heavy (non-hydrogen) atoms. The Labute approximate surface area is 82.6 Å². The molecule has 0 bridgehead atoms. The number of hydrogen-bond donors (Lipinski definition) is 3. The fourth-order valence-electron chi connectivity index (χ4n) is 0.705.